The Bertz CT molecular complexity index is 1060. The van der Waals surface area contributed by atoms with Crippen LogP contribution in [0.4, 0.5) is 31.1 Å². The lowest BCUT2D eigenvalue weighted by Gasteiger charge is -2.17. The highest BCUT2D eigenvalue weighted by Gasteiger charge is 2.39. The van der Waals surface area contributed by atoms with Crippen molar-refractivity contribution in [2.75, 3.05) is 0 Å². The summed E-state index contributed by atoms with van der Waals surface area (Å²) < 4.78 is 78.1. The van der Waals surface area contributed by atoms with E-state index in [0.717, 1.165) is 6.08 Å². The fraction of sp³-hybridized carbons (Fsp3) is 0.158. The molecule has 12 heteroatoms. The van der Waals surface area contributed by atoms with E-state index in [0.29, 0.717) is 28.8 Å². The van der Waals surface area contributed by atoms with Crippen LogP contribution < -0.4 is 0 Å². The summed E-state index contributed by atoms with van der Waals surface area (Å²) in [5.41, 5.74) is -3.51. The molecule has 0 aromatic heterocycles. The molecule has 1 N–H and O–H groups in total. The minimum absolute atomic E-state index is 0.0425. The summed E-state index contributed by atoms with van der Waals surface area (Å²) >= 11 is 6.24. The molecule has 0 spiro atoms. The summed E-state index contributed by atoms with van der Waals surface area (Å²) in [6, 6.07) is 4.80. The van der Waals surface area contributed by atoms with Gasteiger partial charge in [-0.2, -0.15) is 26.3 Å². The predicted octanol–water partition coefficient (Wildman–Crippen LogP) is 6.32. The lowest BCUT2D eigenvalue weighted by atomic mass is 10.0. The number of hydrogen-bond acceptors (Lipinski definition) is 4. The van der Waals surface area contributed by atoms with Gasteiger partial charge in [0.15, 0.2) is 0 Å². The number of phenolic OH excluding ortho intramolecular Hbond substituents is 1. The molecule has 1 aliphatic rings. The van der Waals surface area contributed by atoms with Crippen molar-refractivity contribution < 1.29 is 41.0 Å². The van der Waals surface area contributed by atoms with Crippen LogP contribution in [-0.4, -0.2) is 21.2 Å². The number of hydrogen-bond donors (Lipinski definition) is 1. The molecule has 1 fully saturated rings. The van der Waals surface area contributed by atoms with Gasteiger partial charge in [-0.25, -0.2) is 0 Å². The van der Waals surface area contributed by atoms with E-state index in [9.17, 15) is 41.0 Å². The summed E-state index contributed by atoms with van der Waals surface area (Å²) in [6.45, 7) is -0.795. The van der Waals surface area contributed by atoms with Gasteiger partial charge < -0.3 is 5.11 Å². The second kappa shape index (κ2) is 8.12. The Morgan fingerprint density at radius 1 is 0.968 bits per heavy atom. The van der Waals surface area contributed by atoms with Gasteiger partial charge >= 0.3 is 12.4 Å². The molecule has 2 aromatic carbocycles. The number of carbonyl (C=O) groups is 2. The van der Waals surface area contributed by atoms with E-state index in [4.69, 9.17) is 11.6 Å². The van der Waals surface area contributed by atoms with Gasteiger partial charge in [0.05, 0.1) is 22.6 Å². The Kier molecular flexibility index (Phi) is 6.03. The molecule has 31 heavy (non-hydrogen) atoms. The molecular weight excluding hydrogens is 472 g/mol. The average Bonchev–Trinajstić information content (AvgIpc) is 2.90. The average molecular weight is 482 g/mol. The summed E-state index contributed by atoms with van der Waals surface area (Å²) in [6.07, 6.45) is -8.96. The van der Waals surface area contributed by atoms with Crippen LogP contribution >= 0.6 is 23.4 Å². The monoisotopic (exact) mass is 481 g/mol. The maximum atomic E-state index is 13.0. The van der Waals surface area contributed by atoms with Crippen LogP contribution in [0.3, 0.4) is 0 Å². The molecule has 1 saturated heterocycles. The number of benzene rings is 2. The first-order chi connectivity index (χ1) is 14.3. The molecule has 0 aliphatic carbocycles. The van der Waals surface area contributed by atoms with Crippen molar-refractivity contribution in [1.82, 2.24) is 4.90 Å². The fourth-order valence-electron chi connectivity index (χ4n) is 2.71. The second-order valence-electron chi connectivity index (χ2n) is 6.39. The van der Waals surface area contributed by atoms with Crippen molar-refractivity contribution in [3.63, 3.8) is 0 Å². The Labute approximate surface area is 180 Å². The van der Waals surface area contributed by atoms with Crippen LogP contribution in [0.15, 0.2) is 41.3 Å². The standard InChI is InChI=1S/C19H10ClF6NO3S/c20-13-1-2-14(28)10(5-13)6-15-16(29)27(17(30)31-15)8-9-3-11(18(21,22)23)7-12(4-9)19(24,25)26/h1-7,28H,8H2. The zero-order chi connectivity index (χ0) is 23.1. The van der Waals surface area contributed by atoms with E-state index in [2.05, 4.69) is 0 Å². The molecule has 0 bridgehead atoms. The van der Waals surface area contributed by atoms with E-state index >= 15 is 0 Å². The molecular formula is C19H10ClF6NO3S. The highest BCUT2D eigenvalue weighted by atomic mass is 35.5. The third kappa shape index (κ3) is 5.16. The number of amides is 2. The Balaban J connectivity index is 1.94. The van der Waals surface area contributed by atoms with E-state index < -0.39 is 46.7 Å². The normalized spacial score (nSPS) is 16.5. The fourth-order valence-corrected chi connectivity index (χ4v) is 3.72. The Morgan fingerprint density at radius 3 is 2.10 bits per heavy atom. The van der Waals surface area contributed by atoms with Crippen LogP contribution in [0.1, 0.15) is 22.3 Å². The maximum Gasteiger partial charge on any atom is 0.416 e. The number of rotatable bonds is 3. The first-order valence-corrected chi connectivity index (χ1v) is 9.47. The van der Waals surface area contributed by atoms with Crippen molar-refractivity contribution >= 4 is 40.6 Å². The van der Waals surface area contributed by atoms with E-state index in [1.165, 1.54) is 18.2 Å². The van der Waals surface area contributed by atoms with Gasteiger partial charge in [-0.1, -0.05) is 11.6 Å². The van der Waals surface area contributed by atoms with E-state index in [1.807, 2.05) is 0 Å². The van der Waals surface area contributed by atoms with Crippen LogP contribution in [0.2, 0.25) is 5.02 Å². The number of carbonyl (C=O) groups excluding carboxylic acids is 2. The highest BCUT2D eigenvalue weighted by Crippen LogP contribution is 2.39. The molecule has 0 unspecified atom stereocenters. The first kappa shape index (κ1) is 23.0. The summed E-state index contributed by atoms with van der Waals surface area (Å²) in [7, 11) is 0. The zero-order valence-electron chi connectivity index (χ0n) is 15.0. The van der Waals surface area contributed by atoms with Gasteiger partial charge in [-0.3, -0.25) is 14.5 Å². The van der Waals surface area contributed by atoms with Crippen molar-refractivity contribution in [1.29, 1.82) is 0 Å². The number of phenols is 1. The Hall–Kier alpha value is -2.66. The number of halogens is 7. The van der Waals surface area contributed by atoms with Crippen molar-refractivity contribution in [3.05, 3.63) is 68.6 Å². The van der Waals surface area contributed by atoms with Gasteiger partial charge in [0.1, 0.15) is 5.75 Å². The first-order valence-electron chi connectivity index (χ1n) is 8.28. The molecule has 4 nitrogen and oxygen atoms in total. The zero-order valence-corrected chi connectivity index (χ0v) is 16.6. The van der Waals surface area contributed by atoms with Gasteiger partial charge in [-0.15, -0.1) is 0 Å². The molecule has 1 aliphatic heterocycles. The molecule has 0 radical (unpaired) electrons. The Morgan fingerprint density at radius 2 is 1.55 bits per heavy atom. The van der Waals surface area contributed by atoms with Crippen LogP contribution in [0.25, 0.3) is 6.08 Å². The topological polar surface area (TPSA) is 57.6 Å². The van der Waals surface area contributed by atoms with E-state index in [1.54, 1.807) is 0 Å². The quantitative estimate of drug-likeness (QED) is 0.412. The largest absolute Gasteiger partial charge is 0.507 e. The molecule has 3 rings (SSSR count). The number of imide groups is 1. The van der Waals surface area contributed by atoms with Gasteiger partial charge in [-0.05, 0) is 59.8 Å². The maximum absolute atomic E-state index is 13.0. The van der Waals surface area contributed by atoms with Gasteiger partial charge in [0, 0.05) is 10.6 Å². The molecule has 164 valence electrons. The van der Waals surface area contributed by atoms with Crippen LogP contribution in [0.5, 0.6) is 5.75 Å². The molecule has 0 atom stereocenters. The number of aromatic hydroxyl groups is 1. The lowest BCUT2D eigenvalue weighted by molar-refractivity contribution is -0.143. The SMILES string of the molecule is O=C1SC(=Cc2cc(Cl)ccc2O)C(=O)N1Cc1cc(C(F)(F)F)cc(C(F)(F)F)c1. The highest BCUT2D eigenvalue weighted by molar-refractivity contribution is 8.18. The predicted molar refractivity (Wildman–Crippen MR) is 101 cm³/mol. The number of thioether (sulfide) groups is 1. The van der Waals surface area contributed by atoms with Crippen LogP contribution in [-0.2, 0) is 23.7 Å². The van der Waals surface area contributed by atoms with Crippen molar-refractivity contribution in [2.45, 2.75) is 18.9 Å². The summed E-state index contributed by atoms with van der Waals surface area (Å²) in [5.74, 6) is -1.18. The van der Waals surface area contributed by atoms with Gasteiger partial charge in [0.2, 0.25) is 0 Å². The second-order valence-corrected chi connectivity index (χ2v) is 7.81. The van der Waals surface area contributed by atoms with Crippen molar-refractivity contribution in [2.24, 2.45) is 0 Å². The molecule has 2 aromatic rings. The molecule has 2 amide bonds. The lowest BCUT2D eigenvalue weighted by Crippen LogP contribution is -2.28. The summed E-state index contributed by atoms with van der Waals surface area (Å²) in [4.78, 5) is 25.1. The number of alkyl halides is 6. The minimum Gasteiger partial charge on any atom is -0.507 e. The number of nitrogens with zero attached hydrogens (tertiary/aromatic N) is 1. The van der Waals surface area contributed by atoms with Crippen molar-refractivity contribution in [3.8, 4) is 5.75 Å². The smallest absolute Gasteiger partial charge is 0.416 e. The minimum atomic E-state index is -5.06. The van der Waals surface area contributed by atoms with Crippen LogP contribution in [0, 0.1) is 0 Å². The third-order valence-corrected chi connectivity index (χ3v) is 5.28. The van der Waals surface area contributed by atoms with Gasteiger partial charge in [0.25, 0.3) is 11.1 Å². The third-order valence-electron chi connectivity index (χ3n) is 4.14. The van der Waals surface area contributed by atoms with E-state index in [-0.39, 0.29) is 27.3 Å². The molecule has 1 heterocycles. The summed E-state index contributed by atoms with van der Waals surface area (Å²) in [5, 5.41) is 9.17. The molecule has 0 saturated carbocycles.